The third-order valence-electron chi connectivity index (χ3n) is 2.27. The summed E-state index contributed by atoms with van der Waals surface area (Å²) in [6, 6.07) is 3.38. The Labute approximate surface area is 105 Å². The molecule has 1 aromatic rings. The van der Waals surface area contributed by atoms with E-state index in [0.29, 0.717) is 6.61 Å². The van der Waals surface area contributed by atoms with Crippen LogP contribution in [-0.2, 0) is 9.47 Å². The summed E-state index contributed by atoms with van der Waals surface area (Å²) in [6.07, 6.45) is 1.96. The van der Waals surface area contributed by atoms with E-state index in [1.807, 2.05) is 6.92 Å². The van der Waals surface area contributed by atoms with Gasteiger partial charge in [0.25, 0.3) is 0 Å². The van der Waals surface area contributed by atoms with E-state index in [9.17, 15) is 13.6 Å². The Morgan fingerprint density at radius 1 is 1.22 bits per heavy atom. The van der Waals surface area contributed by atoms with Gasteiger partial charge in [0.15, 0.2) is 11.6 Å². The Bertz CT molecular complexity index is 394. The van der Waals surface area contributed by atoms with Crippen LogP contribution < -0.4 is 0 Å². The molecule has 0 aliphatic heterocycles. The SMILES string of the molecule is CCCCOCCOC(=O)c1cccc(F)c1F. The number of carbonyl (C=O) groups is 1. The minimum atomic E-state index is -1.19. The van der Waals surface area contributed by atoms with E-state index < -0.39 is 23.2 Å². The molecule has 0 saturated heterocycles. The first kappa shape index (κ1) is 14.6. The number of halogens is 2. The Balaban J connectivity index is 2.35. The van der Waals surface area contributed by atoms with Crippen LogP contribution in [0.5, 0.6) is 0 Å². The molecule has 0 bridgehead atoms. The molecule has 0 aromatic heterocycles. The second-order valence-corrected chi connectivity index (χ2v) is 3.70. The van der Waals surface area contributed by atoms with Crippen molar-refractivity contribution in [1.82, 2.24) is 0 Å². The minimum Gasteiger partial charge on any atom is -0.460 e. The number of unbranched alkanes of at least 4 members (excludes halogenated alkanes) is 1. The van der Waals surface area contributed by atoms with Crippen molar-refractivity contribution in [3.63, 3.8) is 0 Å². The molecule has 0 heterocycles. The van der Waals surface area contributed by atoms with Gasteiger partial charge in [0.05, 0.1) is 12.2 Å². The number of ether oxygens (including phenoxy) is 2. The van der Waals surface area contributed by atoms with Crippen molar-refractivity contribution in [2.45, 2.75) is 19.8 Å². The van der Waals surface area contributed by atoms with Gasteiger partial charge in [-0.1, -0.05) is 19.4 Å². The minimum absolute atomic E-state index is 0.0263. The third-order valence-corrected chi connectivity index (χ3v) is 2.27. The van der Waals surface area contributed by atoms with Gasteiger partial charge in [0.1, 0.15) is 6.61 Å². The fourth-order valence-corrected chi connectivity index (χ4v) is 1.28. The number of esters is 1. The quantitative estimate of drug-likeness (QED) is 0.557. The van der Waals surface area contributed by atoms with E-state index in [0.717, 1.165) is 18.9 Å². The average Bonchev–Trinajstić information content (AvgIpc) is 2.36. The third kappa shape index (κ3) is 4.41. The number of hydrogen-bond donors (Lipinski definition) is 0. The van der Waals surface area contributed by atoms with Crippen LogP contribution in [0.1, 0.15) is 30.1 Å². The van der Waals surface area contributed by atoms with Gasteiger partial charge < -0.3 is 9.47 Å². The first-order valence-electron chi connectivity index (χ1n) is 5.85. The molecule has 0 amide bonds. The molecule has 0 radical (unpaired) electrons. The van der Waals surface area contributed by atoms with Gasteiger partial charge in [-0.3, -0.25) is 0 Å². The molecule has 0 spiro atoms. The second-order valence-electron chi connectivity index (χ2n) is 3.70. The van der Waals surface area contributed by atoms with Crippen molar-refractivity contribution in [2.24, 2.45) is 0 Å². The maximum Gasteiger partial charge on any atom is 0.341 e. The van der Waals surface area contributed by atoms with Crippen LogP contribution in [0.15, 0.2) is 18.2 Å². The lowest BCUT2D eigenvalue weighted by Gasteiger charge is -2.06. The molecule has 5 heteroatoms. The van der Waals surface area contributed by atoms with Gasteiger partial charge in [0.2, 0.25) is 0 Å². The summed E-state index contributed by atoms with van der Waals surface area (Å²) >= 11 is 0. The predicted molar refractivity (Wildman–Crippen MR) is 62.4 cm³/mol. The molecule has 0 saturated carbocycles. The second kappa shape index (κ2) is 7.76. The molecule has 0 N–H and O–H groups in total. The lowest BCUT2D eigenvalue weighted by molar-refractivity contribution is 0.0308. The van der Waals surface area contributed by atoms with Crippen LogP contribution in [0.4, 0.5) is 8.78 Å². The smallest absolute Gasteiger partial charge is 0.341 e. The summed E-state index contributed by atoms with van der Waals surface area (Å²) in [4.78, 5) is 11.4. The van der Waals surface area contributed by atoms with Gasteiger partial charge in [-0.2, -0.15) is 0 Å². The van der Waals surface area contributed by atoms with Crippen LogP contribution >= 0.6 is 0 Å². The summed E-state index contributed by atoms with van der Waals surface area (Å²) in [5.41, 5.74) is -0.399. The first-order valence-corrected chi connectivity index (χ1v) is 5.85. The van der Waals surface area contributed by atoms with Crippen LogP contribution in [0, 0.1) is 11.6 Å². The van der Waals surface area contributed by atoms with Crippen molar-refractivity contribution < 1.29 is 23.0 Å². The van der Waals surface area contributed by atoms with Gasteiger partial charge in [-0.25, -0.2) is 13.6 Å². The molecule has 3 nitrogen and oxygen atoms in total. The van der Waals surface area contributed by atoms with Crippen LogP contribution in [0.25, 0.3) is 0 Å². The Morgan fingerprint density at radius 3 is 2.72 bits per heavy atom. The number of rotatable bonds is 7. The molecule has 0 atom stereocenters. The molecule has 0 aliphatic carbocycles. The summed E-state index contributed by atoms with van der Waals surface area (Å²) in [5.74, 6) is -3.14. The average molecular weight is 258 g/mol. The van der Waals surface area contributed by atoms with Gasteiger partial charge in [0, 0.05) is 6.61 Å². The van der Waals surface area contributed by atoms with E-state index in [4.69, 9.17) is 9.47 Å². The zero-order chi connectivity index (χ0) is 13.4. The van der Waals surface area contributed by atoms with E-state index >= 15 is 0 Å². The fraction of sp³-hybridized carbons (Fsp3) is 0.462. The van der Waals surface area contributed by atoms with Crippen LogP contribution in [0.3, 0.4) is 0 Å². The number of benzene rings is 1. The molecule has 18 heavy (non-hydrogen) atoms. The topological polar surface area (TPSA) is 35.5 Å². The highest BCUT2D eigenvalue weighted by atomic mass is 19.2. The van der Waals surface area contributed by atoms with Crippen molar-refractivity contribution in [1.29, 1.82) is 0 Å². The molecular formula is C13H16F2O3. The van der Waals surface area contributed by atoms with Crippen LogP contribution in [-0.4, -0.2) is 25.8 Å². The van der Waals surface area contributed by atoms with Gasteiger partial charge in [-0.15, -0.1) is 0 Å². The zero-order valence-corrected chi connectivity index (χ0v) is 10.2. The largest absolute Gasteiger partial charge is 0.460 e. The maximum atomic E-state index is 13.2. The molecule has 100 valence electrons. The molecule has 0 aliphatic rings. The molecule has 1 rings (SSSR count). The summed E-state index contributed by atoms with van der Waals surface area (Å²) in [7, 11) is 0. The monoisotopic (exact) mass is 258 g/mol. The Hall–Kier alpha value is -1.49. The Kier molecular flexibility index (Phi) is 6.28. The van der Waals surface area contributed by atoms with Gasteiger partial charge >= 0.3 is 5.97 Å². The predicted octanol–water partition coefficient (Wildman–Crippen LogP) is 2.94. The van der Waals surface area contributed by atoms with Crippen molar-refractivity contribution >= 4 is 5.97 Å². The van der Waals surface area contributed by atoms with Crippen LogP contribution in [0.2, 0.25) is 0 Å². The molecular weight excluding hydrogens is 242 g/mol. The summed E-state index contributed by atoms with van der Waals surface area (Å²) < 4.78 is 36.0. The summed E-state index contributed by atoms with van der Waals surface area (Å²) in [6.45, 7) is 2.92. The van der Waals surface area contributed by atoms with Crippen molar-refractivity contribution in [3.8, 4) is 0 Å². The normalized spacial score (nSPS) is 10.4. The number of hydrogen-bond acceptors (Lipinski definition) is 3. The zero-order valence-electron chi connectivity index (χ0n) is 10.2. The van der Waals surface area contributed by atoms with E-state index in [-0.39, 0.29) is 13.2 Å². The van der Waals surface area contributed by atoms with Gasteiger partial charge in [-0.05, 0) is 18.6 Å². The highest BCUT2D eigenvalue weighted by molar-refractivity contribution is 5.89. The fourth-order valence-electron chi connectivity index (χ4n) is 1.28. The van der Waals surface area contributed by atoms with Crippen molar-refractivity contribution in [3.05, 3.63) is 35.4 Å². The standard InChI is InChI=1S/C13H16F2O3/c1-2-3-7-17-8-9-18-13(16)10-5-4-6-11(14)12(10)15/h4-6H,2-3,7-9H2,1H3. The van der Waals surface area contributed by atoms with E-state index in [2.05, 4.69) is 0 Å². The van der Waals surface area contributed by atoms with Crippen molar-refractivity contribution in [2.75, 3.05) is 19.8 Å². The highest BCUT2D eigenvalue weighted by Gasteiger charge is 2.15. The Morgan fingerprint density at radius 2 is 2.00 bits per heavy atom. The molecule has 1 aromatic carbocycles. The molecule has 0 unspecified atom stereocenters. The lowest BCUT2D eigenvalue weighted by atomic mass is 10.2. The van der Waals surface area contributed by atoms with E-state index in [1.54, 1.807) is 0 Å². The van der Waals surface area contributed by atoms with E-state index in [1.165, 1.54) is 12.1 Å². The maximum absolute atomic E-state index is 13.2. The first-order chi connectivity index (χ1) is 8.66. The summed E-state index contributed by atoms with van der Waals surface area (Å²) in [5, 5.41) is 0. The lowest BCUT2D eigenvalue weighted by Crippen LogP contribution is -2.13. The number of carbonyl (C=O) groups excluding carboxylic acids is 1. The highest BCUT2D eigenvalue weighted by Crippen LogP contribution is 2.12. The molecule has 0 fully saturated rings.